The van der Waals surface area contributed by atoms with E-state index in [-0.39, 0.29) is 24.4 Å². The lowest BCUT2D eigenvalue weighted by Crippen LogP contribution is -2.48. The van der Waals surface area contributed by atoms with Crippen LogP contribution >= 0.6 is 0 Å². The number of rotatable bonds is 1. The van der Waals surface area contributed by atoms with Gasteiger partial charge in [-0.3, -0.25) is 0 Å². The fourth-order valence-corrected chi connectivity index (χ4v) is 1.93. The fourth-order valence-electron chi connectivity index (χ4n) is 1.93. The average molecular weight is 216 g/mol. The van der Waals surface area contributed by atoms with E-state index >= 15 is 0 Å². The van der Waals surface area contributed by atoms with Crippen molar-refractivity contribution in [3.05, 3.63) is 23.9 Å². The summed E-state index contributed by atoms with van der Waals surface area (Å²) in [6.45, 7) is 0. The molecule has 0 bridgehead atoms. The zero-order valence-corrected chi connectivity index (χ0v) is 8.01. The molecule has 1 saturated carbocycles. The first kappa shape index (κ1) is 10.3. The zero-order chi connectivity index (χ0) is 11.1. The van der Waals surface area contributed by atoms with E-state index in [1.54, 1.807) is 0 Å². The highest BCUT2D eigenvalue weighted by Crippen LogP contribution is 2.53. The Balaban J connectivity index is 2.43. The lowest BCUT2D eigenvalue weighted by molar-refractivity contribution is -0.214. The number of aromatic nitrogens is 1. The maximum atomic E-state index is 12.9. The summed E-state index contributed by atoms with van der Waals surface area (Å²) in [5, 5.41) is 0. The summed E-state index contributed by atoms with van der Waals surface area (Å²) in [5.41, 5.74) is 3.71. The molecule has 15 heavy (non-hydrogen) atoms. The Morgan fingerprint density at radius 1 is 1.27 bits per heavy atom. The first-order valence-corrected chi connectivity index (χ1v) is 4.75. The highest BCUT2D eigenvalue weighted by Gasteiger charge is 2.60. The quantitative estimate of drug-likeness (QED) is 0.783. The number of nitrogen functional groups attached to an aromatic ring is 1. The van der Waals surface area contributed by atoms with Crippen molar-refractivity contribution in [2.24, 2.45) is 0 Å². The molecule has 1 aromatic rings. The van der Waals surface area contributed by atoms with E-state index in [2.05, 4.69) is 4.98 Å². The summed E-state index contributed by atoms with van der Waals surface area (Å²) in [6, 6.07) is 4.42. The molecule has 2 N–H and O–H groups in total. The molecule has 0 amide bonds. The monoisotopic (exact) mass is 216 g/mol. The lowest BCUT2D eigenvalue weighted by atomic mass is 9.66. The molecule has 0 spiro atoms. The maximum absolute atomic E-state index is 12.9. The molecular weight excluding hydrogens is 205 g/mol. The summed E-state index contributed by atoms with van der Waals surface area (Å²) < 4.78 is 38.7. The third-order valence-corrected chi connectivity index (χ3v) is 3.01. The van der Waals surface area contributed by atoms with Gasteiger partial charge in [0, 0.05) is 0 Å². The number of alkyl halides is 3. The van der Waals surface area contributed by atoms with Gasteiger partial charge in [0.05, 0.1) is 5.69 Å². The molecule has 1 aliphatic rings. The number of pyridine rings is 1. The molecular formula is C10H11F3N2. The third-order valence-electron chi connectivity index (χ3n) is 3.01. The van der Waals surface area contributed by atoms with Crippen LogP contribution in [0.3, 0.4) is 0 Å². The van der Waals surface area contributed by atoms with Crippen LogP contribution in [0.1, 0.15) is 25.0 Å². The number of halogens is 3. The van der Waals surface area contributed by atoms with Gasteiger partial charge in [0.1, 0.15) is 11.2 Å². The minimum Gasteiger partial charge on any atom is -0.384 e. The van der Waals surface area contributed by atoms with Crippen LogP contribution in [0, 0.1) is 0 Å². The van der Waals surface area contributed by atoms with Crippen LogP contribution in [-0.4, -0.2) is 11.2 Å². The number of hydrogen-bond acceptors (Lipinski definition) is 2. The zero-order valence-electron chi connectivity index (χ0n) is 8.01. The molecule has 0 aromatic carbocycles. The van der Waals surface area contributed by atoms with Gasteiger partial charge in [-0.25, -0.2) is 4.98 Å². The van der Waals surface area contributed by atoms with E-state index in [1.165, 1.54) is 18.2 Å². The van der Waals surface area contributed by atoms with Gasteiger partial charge in [-0.05, 0) is 25.0 Å². The Morgan fingerprint density at radius 3 is 2.33 bits per heavy atom. The first-order valence-electron chi connectivity index (χ1n) is 4.75. The molecule has 0 radical (unpaired) electrons. The van der Waals surface area contributed by atoms with E-state index in [0.29, 0.717) is 6.42 Å². The summed E-state index contributed by atoms with van der Waals surface area (Å²) in [7, 11) is 0. The molecule has 2 nitrogen and oxygen atoms in total. The van der Waals surface area contributed by atoms with E-state index in [4.69, 9.17) is 5.73 Å². The van der Waals surface area contributed by atoms with Crippen LogP contribution in [0.15, 0.2) is 18.2 Å². The molecule has 1 heterocycles. The molecule has 0 atom stereocenters. The number of anilines is 1. The highest BCUT2D eigenvalue weighted by molar-refractivity contribution is 5.34. The van der Waals surface area contributed by atoms with E-state index in [1.807, 2.05) is 0 Å². The smallest absolute Gasteiger partial charge is 0.384 e. The molecule has 0 unspecified atom stereocenters. The van der Waals surface area contributed by atoms with Crippen LogP contribution in [0.5, 0.6) is 0 Å². The van der Waals surface area contributed by atoms with Crippen LogP contribution in [0.2, 0.25) is 0 Å². The molecule has 0 saturated heterocycles. The molecule has 0 aliphatic heterocycles. The van der Waals surface area contributed by atoms with Crippen molar-refractivity contribution in [2.75, 3.05) is 5.73 Å². The molecule has 82 valence electrons. The summed E-state index contributed by atoms with van der Waals surface area (Å²) in [6.07, 6.45) is -3.40. The van der Waals surface area contributed by atoms with E-state index in [9.17, 15) is 13.2 Å². The van der Waals surface area contributed by atoms with Gasteiger partial charge < -0.3 is 5.73 Å². The number of nitrogens with zero attached hydrogens (tertiary/aromatic N) is 1. The summed E-state index contributed by atoms with van der Waals surface area (Å²) in [4.78, 5) is 3.79. The number of hydrogen-bond donors (Lipinski definition) is 1. The first-order chi connectivity index (χ1) is 6.96. The molecule has 2 rings (SSSR count). The SMILES string of the molecule is Nc1cccc(C2(C(F)(F)F)CCC2)n1. The van der Waals surface area contributed by atoms with Crippen LogP contribution in [-0.2, 0) is 5.41 Å². The van der Waals surface area contributed by atoms with Gasteiger partial charge in [0.25, 0.3) is 0 Å². The minimum absolute atomic E-state index is 0.0567. The van der Waals surface area contributed by atoms with Crippen LogP contribution in [0.4, 0.5) is 19.0 Å². The molecule has 1 fully saturated rings. The minimum atomic E-state index is -4.23. The van der Waals surface area contributed by atoms with E-state index < -0.39 is 11.6 Å². The maximum Gasteiger partial charge on any atom is 0.399 e. The van der Waals surface area contributed by atoms with Gasteiger partial charge in [-0.1, -0.05) is 12.5 Å². The normalized spacial score (nSPS) is 19.7. The van der Waals surface area contributed by atoms with Crippen LogP contribution in [0.25, 0.3) is 0 Å². The van der Waals surface area contributed by atoms with Gasteiger partial charge in [0.15, 0.2) is 0 Å². The Labute approximate surface area is 85.3 Å². The second-order valence-electron chi connectivity index (χ2n) is 3.88. The van der Waals surface area contributed by atoms with Crippen molar-refractivity contribution in [3.8, 4) is 0 Å². The van der Waals surface area contributed by atoms with Crippen molar-refractivity contribution in [1.29, 1.82) is 0 Å². The Kier molecular flexibility index (Phi) is 2.13. The fraction of sp³-hybridized carbons (Fsp3) is 0.500. The Bertz CT molecular complexity index is 369. The van der Waals surface area contributed by atoms with Crippen molar-refractivity contribution in [2.45, 2.75) is 30.9 Å². The van der Waals surface area contributed by atoms with Crippen LogP contribution < -0.4 is 5.73 Å². The summed E-state index contributed by atoms with van der Waals surface area (Å²) >= 11 is 0. The third kappa shape index (κ3) is 1.46. The average Bonchev–Trinajstić information content (AvgIpc) is 1.98. The standard InChI is InChI=1S/C10H11F3N2/c11-10(12,13)9(5-2-6-9)7-3-1-4-8(14)15-7/h1,3-4H,2,5-6H2,(H2,14,15). The molecule has 1 aliphatic carbocycles. The second-order valence-corrected chi connectivity index (χ2v) is 3.88. The lowest BCUT2D eigenvalue weighted by Gasteiger charge is -2.42. The van der Waals surface area contributed by atoms with Gasteiger partial charge in [0.2, 0.25) is 0 Å². The largest absolute Gasteiger partial charge is 0.399 e. The topological polar surface area (TPSA) is 38.9 Å². The highest BCUT2D eigenvalue weighted by atomic mass is 19.4. The Morgan fingerprint density at radius 2 is 1.93 bits per heavy atom. The summed E-state index contributed by atoms with van der Waals surface area (Å²) in [5.74, 6) is 0.142. The predicted molar refractivity (Wildman–Crippen MR) is 50.2 cm³/mol. The predicted octanol–water partition coefficient (Wildman–Crippen LogP) is 2.65. The van der Waals surface area contributed by atoms with Crippen molar-refractivity contribution >= 4 is 5.82 Å². The molecule has 1 aromatic heterocycles. The van der Waals surface area contributed by atoms with Gasteiger partial charge in [-0.15, -0.1) is 0 Å². The van der Waals surface area contributed by atoms with E-state index in [0.717, 1.165) is 0 Å². The van der Waals surface area contributed by atoms with Crippen molar-refractivity contribution in [1.82, 2.24) is 4.98 Å². The van der Waals surface area contributed by atoms with Crippen molar-refractivity contribution in [3.63, 3.8) is 0 Å². The Hall–Kier alpha value is -1.26. The second kappa shape index (κ2) is 3.12. The van der Waals surface area contributed by atoms with Gasteiger partial charge >= 0.3 is 6.18 Å². The van der Waals surface area contributed by atoms with Crippen molar-refractivity contribution < 1.29 is 13.2 Å². The number of nitrogens with two attached hydrogens (primary N) is 1. The molecule has 5 heteroatoms. The van der Waals surface area contributed by atoms with Gasteiger partial charge in [-0.2, -0.15) is 13.2 Å².